The standard InChI is InChI=1S/C14H12ClNO/c15-13(11-8-4-5-9-12(11)16)14(17)10-6-2-1-3-7-10/h1-9,13H,16H2. The second-order valence-electron chi connectivity index (χ2n) is 3.72. The summed E-state index contributed by atoms with van der Waals surface area (Å²) < 4.78 is 0. The molecule has 2 aromatic rings. The van der Waals surface area contributed by atoms with Crippen LogP contribution in [0.3, 0.4) is 0 Å². The number of hydrogen-bond acceptors (Lipinski definition) is 2. The van der Waals surface area contributed by atoms with Gasteiger partial charge >= 0.3 is 0 Å². The summed E-state index contributed by atoms with van der Waals surface area (Å²) in [4.78, 5) is 12.1. The lowest BCUT2D eigenvalue weighted by molar-refractivity contribution is 0.0987. The largest absolute Gasteiger partial charge is 0.398 e. The number of Topliss-reactive ketones (excluding diaryl/α,β-unsaturated/α-hetero) is 1. The van der Waals surface area contributed by atoms with Gasteiger partial charge in [0.15, 0.2) is 5.78 Å². The first-order valence-corrected chi connectivity index (χ1v) is 5.71. The summed E-state index contributed by atoms with van der Waals surface area (Å²) in [6, 6.07) is 16.1. The number of alkyl halides is 1. The molecule has 0 amide bonds. The minimum absolute atomic E-state index is 0.134. The molecule has 2 nitrogen and oxygen atoms in total. The Kier molecular flexibility index (Phi) is 3.45. The van der Waals surface area contributed by atoms with Crippen molar-refractivity contribution in [2.45, 2.75) is 5.38 Å². The SMILES string of the molecule is Nc1ccccc1C(Cl)C(=O)c1ccccc1. The van der Waals surface area contributed by atoms with Crippen LogP contribution < -0.4 is 5.73 Å². The van der Waals surface area contributed by atoms with Gasteiger partial charge in [0, 0.05) is 16.8 Å². The van der Waals surface area contributed by atoms with Crippen molar-refractivity contribution in [3.05, 3.63) is 65.7 Å². The quantitative estimate of drug-likeness (QED) is 0.511. The van der Waals surface area contributed by atoms with Crippen LogP contribution in [0.5, 0.6) is 0 Å². The van der Waals surface area contributed by atoms with E-state index in [4.69, 9.17) is 17.3 Å². The number of nitrogens with two attached hydrogens (primary N) is 1. The lowest BCUT2D eigenvalue weighted by atomic mass is 10.0. The number of rotatable bonds is 3. The predicted octanol–water partition coefficient (Wildman–Crippen LogP) is 3.43. The Morgan fingerprint density at radius 2 is 1.59 bits per heavy atom. The van der Waals surface area contributed by atoms with Crippen LogP contribution in [0.4, 0.5) is 5.69 Å². The van der Waals surface area contributed by atoms with Crippen molar-refractivity contribution in [3.63, 3.8) is 0 Å². The van der Waals surface area contributed by atoms with Gasteiger partial charge in [-0.25, -0.2) is 0 Å². The average molecular weight is 246 g/mol. The zero-order chi connectivity index (χ0) is 12.3. The van der Waals surface area contributed by atoms with Crippen LogP contribution >= 0.6 is 11.6 Å². The molecule has 1 atom stereocenters. The van der Waals surface area contributed by atoms with Gasteiger partial charge in [0.2, 0.25) is 0 Å². The number of anilines is 1. The molecule has 2 aromatic carbocycles. The van der Waals surface area contributed by atoms with Gasteiger partial charge in [-0.15, -0.1) is 11.6 Å². The van der Waals surface area contributed by atoms with Crippen LogP contribution in [-0.2, 0) is 0 Å². The van der Waals surface area contributed by atoms with Gasteiger partial charge in [0.05, 0.1) is 0 Å². The third-order valence-electron chi connectivity index (χ3n) is 2.56. The van der Waals surface area contributed by atoms with E-state index in [2.05, 4.69) is 0 Å². The molecule has 3 heteroatoms. The van der Waals surface area contributed by atoms with E-state index in [1.54, 1.807) is 24.3 Å². The molecule has 0 aliphatic heterocycles. The van der Waals surface area contributed by atoms with E-state index in [9.17, 15) is 4.79 Å². The highest BCUT2D eigenvalue weighted by atomic mass is 35.5. The van der Waals surface area contributed by atoms with Crippen LogP contribution in [0.1, 0.15) is 21.3 Å². The van der Waals surface area contributed by atoms with Gasteiger partial charge in [-0.05, 0) is 6.07 Å². The van der Waals surface area contributed by atoms with Crippen LogP contribution in [-0.4, -0.2) is 5.78 Å². The van der Waals surface area contributed by atoms with Crippen LogP contribution in [0.25, 0.3) is 0 Å². The number of halogens is 1. The first kappa shape index (κ1) is 11.7. The molecule has 0 bridgehead atoms. The van der Waals surface area contributed by atoms with Gasteiger partial charge < -0.3 is 5.73 Å². The molecule has 0 aromatic heterocycles. The summed E-state index contributed by atoms with van der Waals surface area (Å²) in [5.74, 6) is -0.134. The van der Waals surface area contributed by atoms with E-state index < -0.39 is 5.38 Å². The summed E-state index contributed by atoms with van der Waals surface area (Å²) in [5, 5.41) is -0.737. The van der Waals surface area contributed by atoms with E-state index in [0.717, 1.165) is 0 Å². The minimum Gasteiger partial charge on any atom is -0.398 e. The number of hydrogen-bond donors (Lipinski definition) is 1. The summed E-state index contributed by atoms with van der Waals surface area (Å²) >= 11 is 6.17. The number of ketones is 1. The van der Waals surface area contributed by atoms with Crippen LogP contribution in [0.2, 0.25) is 0 Å². The smallest absolute Gasteiger partial charge is 0.185 e. The molecule has 2 rings (SSSR count). The van der Waals surface area contributed by atoms with Crippen LogP contribution in [0, 0.1) is 0 Å². The third kappa shape index (κ3) is 2.48. The van der Waals surface area contributed by atoms with Crippen molar-refractivity contribution >= 4 is 23.1 Å². The van der Waals surface area contributed by atoms with Crippen molar-refractivity contribution < 1.29 is 4.79 Å². The molecule has 0 fully saturated rings. The maximum atomic E-state index is 12.1. The van der Waals surface area contributed by atoms with Gasteiger partial charge in [0.25, 0.3) is 0 Å². The van der Waals surface area contributed by atoms with Gasteiger partial charge in [-0.1, -0.05) is 48.5 Å². The Hall–Kier alpha value is -1.80. The maximum Gasteiger partial charge on any atom is 0.185 e. The first-order chi connectivity index (χ1) is 8.20. The number of para-hydroxylation sites is 1. The molecular formula is C14H12ClNO. The van der Waals surface area contributed by atoms with Gasteiger partial charge in [-0.2, -0.15) is 0 Å². The van der Waals surface area contributed by atoms with E-state index >= 15 is 0 Å². The highest BCUT2D eigenvalue weighted by molar-refractivity contribution is 6.34. The Morgan fingerprint density at radius 1 is 1.00 bits per heavy atom. The van der Waals surface area contributed by atoms with Crippen molar-refractivity contribution in [3.8, 4) is 0 Å². The summed E-state index contributed by atoms with van der Waals surface area (Å²) in [5.41, 5.74) is 7.59. The molecule has 0 aliphatic rings. The Bertz CT molecular complexity index is 525. The molecule has 1 unspecified atom stereocenters. The predicted molar refractivity (Wildman–Crippen MR) is 70.2 cm³/mol. The molecule has 0 aliphatic carbocycles. The Morgan fingerprint density at radius 3 is 2.24 bits per heavy atom. The Balaban J connectivity index is 2.30. The van der Waals surface area contributed by atoms with E-state index in [1.807, 2.05) is 30.3 Å². The van der Waals surface area contributed by atoms with Gasteiger partial charge in [-0.3, -0.25) is 4.79 Å². The molecule has 0 saturated carbocycles. The highest BCUT2D eigenvalue weighted by Crippen LogP contribution is 2.28. The number of nitrogen functional groups attached to an aromatic ring is 1. The van der Waals surface area contributed by atoms with Crippen molar-refractivity contribution in [1.82, 2.24) is 0 Å². The summed E-state index contributed by atoms with van der Waals surface area (Å²) in [7, 11) is 0. The van der Waals surface area contributed by atoms with Gasteiger partial charge in [0.1, 0.15) is 5.38 Å². The molecule has 0 radical (unpaired) electrons. The summed E-state index contributed by atoms with van der Waals surface area (Å²) in [6.45, 7) is 0. The fourth-order valence-corrected chi connectivity index (χ4v) is 1.96. The average Bonchev–Trinajstić information content (AvgIpc) is 2.39. The fourth-order valence-electron chi connectivity index (χ4n) is 1.63. The van der Waals surface area contributed by atoms with Crippen LogP contribution in [0.15, 0.2) is 54.6 Å². The van der Waals surface area contributed by atoms with Crippen molar-refractivity contribution in [2.75, 3.05) is 5.73 Å². The molecular weight excluding hydrogens is 234 g/mol. The normalized spacial score (nSPS) is 12.1. The Labute approximate surface area is 105 Å². The molecule has 17 heavy (non-hydrogen) atoms. The van der Waals surface area contributed by atoms with E-state index in [-0.39, 0.29) is 5.78 Å². The second kappa shape index (κ2) is 5.02. The topological polar surface area (TPSA) is 43.1 Å². The lowest BCUT2D eigenvalue weighted by Crippen LogP contribution is -2.09. The molecule has 2 N–H and O–H groups in total. The maximum absolute atomic E-state index is 12.1. The summed E-state index contributed by atoms with van der Waals surface area (Å²) in [6.07, 6.45) is 0. The highest BCUT2D eigenvalue weighted by Gasteiger charge is 2.20. The second-order valence-corrected chi connectivity index (χ2v) is 4.16. The molecule has 0 spiro atoms. The minimum atomic E-state index is -0.737. The number of benzene rings is 2. The molecule has 86 valence electrons. The zero-order valence-electron chi connectivity index (χ0n) is 9.14. The fraction of sp³-hybridized carbons (Fsp3) is 0.0714. The van der Waals surface area contributed by atoms with E-state index in [0.29, 0.717) is 16.8 Å². The first-order valence-electron chi connectivity index (χ1n) is 5.28. The van der Waals surface area contributed by atoms with Crippen molar-refractivity contribution in [1.29, 1.82) is 0 Å². The number of carbonyl (C=O) groups excluding carboxylic acids is 1. The number of carbonyl (C=O) groups is 1. The molecule has 0 heterocycles. The zero-order valence-corrected chi connectivity index (χ0v) is 9.89. The lowest BCUT2D eigenvalue weighted by Gasteiger charge is -2.11. The monoisotopic (exact) mass is 245 g/mol. The van der Waals surface area contributed by atoms with E-state index in [1.165, 1.54) is 0 Å². The molecule has 0 saturated heterocycles. The van der Waals surface area contributed by atoms with Crippen molar-refractivity contribution in [2.24, 2.45) is 0 Å². The third-order valence-corrected chi connectivity index (χ3v) is 2.99.